The van der Waals surface area contributed by atoms with Gasteiger partial charge in [0, 0.05) is 18.6 Å². The van der Waals surface area contributed by atoms with Crippen molar-refractivity contribution in [1.29, 1.82) is 0 Å². The van der Waals surface area contributed by atoms with Gasteiger partial charge in [-0.2, -0.15) is 0 Å². The van der Waals surface area contributed by atoms with E-state index in [9.17, 15) is 0 Å². The number of rotatable bonds is 6. The largest absolute Gasteiger partial charge is 0.381 e. The van der Waals surface area contributed by atoms with Crippen molar-refractivity contribution < 1.29 is 4.74 Å². The van der Waals surface area contributed by atoms with Crippen LogP contribution in [0.4, 0.5) is 0 Å². The summed E-state index contributed by atoms with van der Waals surface area (Å²) in [6.07, 6.45) is 4.86. The van der Waals surface area contributed by atoms with Gasteiger partial charge in [0.1, 0.15) is 0 Å². The molecule has 2 atom stereocenters. The summed E-state index contributed by atoms with van der Waals surface area (Å²) in [6.45, 7) is 6.31. The summed E-state index contributed by atoms with van der Waals surface area (Å²) in [5.41, 5.74) is 2.96. The van der Waals surface area contributed by atoms with Gasteiger partial charge in [-0.05, 0) is 18.8 Å². The minimum atomic E-state index is 0.447. The summed E-state index contributed by atoms with van der Waals surface area (Å²) >= 11 is 0. The summed E-state index contributed by atoms with van der Waals surface area (Å²) in [6, 6.07) is 0.447. The molecule has 1 saturated heterocycles. The molecule has 14 heavy (non-hydrogen) atoms. The van der Waals surface area contributed by atoms with E-state index < -0.39 is 0 Å². The molecule has 1 heterocycles. The molecule has 0 saturated carbocycles. The Morgan fingerprint density at radius 2 is 2.14 bits per heavy atom. The number of hydrazine groups is 1. The van der Waals surface area contributed by atoms with Crippen LogP contribution < -0.4 is 11.3 Å². The van der Waals surface area contributed by atoms with Crippen molar-refractivity contribution in [2.24, 2.45) is 17.7 Å². The van der Waals surface area contributed by atoms with Crippen molar-refractivity contribution in [2.45, 2.75) is 45.6 Å². The minimum Gasteiger partial charge on any atom is -0.381 e. The summed E-state index contributed by atoms with van der Waals surface area (Å²) in [7, 11) is 0. The lowest BCUT2D eigenvalue weighted by molar-refractivity contribution is 0.171. The second-order valence-electron chi connectivity index (χ2n) is 4.32. The van der Waals surface area contributed by atoms with Crippen molar-refractivity contribution in [2.75, 3.05) is 13.2 Å². The maximum Gasteiger partial charge on any atom is 0.0510 e. The molecule has 3 heteroatoms. The SMILES string of the molecule is CCC(CC)CC(NN)C1CCOC1. The van der Waals surface area contributed by atoms with Gasteiger partial charge < -0.3 is 4.74 Å². The third kappa shape index (κ3) is 3.23. The van der Waals surface area contributed by atoms with Gasteiger partial charge in [0.05, 0.1) is 6.61 Å². The van der Waals surface area contributed by atoms with Crippen molar-refractivity contribution >= 4 is 0 Å². The molecule has 0 bridgehead atoms. The molecule has 2 unspecified atom stereocenters. The van der Waals surface area contributed by atoms with E-state index in [-0.39, 0.29) is 0 Å². The molecule has 3 nitrogen and oxygen atoms in total. The summed E-state index contributed by atoms with van der Waals surface area (Å²) in [5.74, 6) is 7.03. The molecular formula is C11H24N2O. The topological polar surface area (TPSA) is 47.3 Å². The summed E-state index contributed by atoms with van der Waals surface area (Å²) < 4.78 is 5.39. The lowest BCUT2D eigenvalue weighted by atomic mass is 9.88. The first kappa shape index (κ1) is 12.0. The van der Waals surface area contributed by atoms with Crippen molar-refractivity contribution in [3.8, 4) is 0 Å². The fourth-order valence-electron chi connectivity index (χ4n) is 2.25. The molecule has 0 amide bonds. The molecule has 1 aliphatic rings. The number of hydrogen-bond donors (Lipinski definition) is 2. The van der Waals surface area contributed by atoms with Crippen molar-refractivity contribution in [3.63, 3.8) is 0 Å². The normalized spacial score (nSPS) is 24.4. The fraction of sp³-hybridized carbons (Fsp3) is 1.00. The van der Waals surface area contributed by atoms with E-state index in [1.807, 2.05) is 0 Å². The second-order valence-corrected chi connectivity index (χ2v) is 4.32. The molecule has 1 rings (SSSR count). The highest BCUT2D eigenvalue weighted by atomic mass is 16.5. The van der Waals surface area contributed by atoms with Crippen LogP contribution >= 0.6 is 0 Å². The smallest absolute Gasteiger partial charge is 0.0510 e. The van der Waals surface area contributed by atoms with Crippen LogP contribution in [0.5, 0.6) is 0 Å². The van der Waals surface area contributed by atoms with E-state index in [1.165, 1.54) is 19.3 Å². The molecular weight excluding hydrogens is 176 g/mol. The first-order chi connectivity index (χ1) is 6.81. The van der Waals surface area contributed by atoms with Gasteiger partial charge in [-0.15, -0.1) is 0 Å². The molecule has 84 valence electrons. The highest BCUT2D eigenvalue weighted by molar-refractivity contribution is 4.79. The van der Waals surface area contributed by atoms with E-state index in [4.69, 9.17) is 10.6 Å². The Hall–Kier alpha value is -0.120. The van der Waals surface area contributed by atoms with Gasteiger partial charge >= 0.3 is 0 Å². The van der Waals surface area contributed by atoms with Gasteiger partial charge in [0.15, 0.2) is 0 Å². The van der Waals surface area contributed by atoms with Crippen LogP contribution in [0.2, 0.25) is 0 Å². The maximum atomic E-state index is 5.60. The molecule has 0 aromatic rings. The fourth-order valence-corrected chi connectivity index (χ4v) is 2.25. The molecule has 1 fully saturated rings. The zero-order valence-corrected chi connectivity index (χ0v) is 9.46. The predicted octanol–water partition coefficient (Wildman–Crippen LogP) is 1.68. The van der Waals surface area contributed by atoms with Crippen molar-refractivity contribution in [3.05, 3.63) is 0 Å². The molecule has 3 N–H and O–H groups in total. The van der Waals surface area contributed by atoms with E-state index in [0.717, 1.165) is 25.6 Å². The van der Waals surface area contributed by atoms with E-state index in [2.05, 4.69) is 19.3 Å². The van der Waals surface area contributed by atoms with Crippen LogP contribution in [0.3, 0.4) is 0 Å². The quantitative estimate of drug-likeness (QED) is 0.506. The van der Waals surface area contributed by atoms with Crippen molar-refractivity contribution in [1.82, 2.24) is 5.43 Å². The predicted molar refractivity (Wildman–Crippen MR) is 58.7 cm³/mol. The Labute approximate surface area is 87.4 Å². The van der Waals surface area contributed by atoms with Crippen LogP contribution in [-0.2, 0) is 4.74 Å². The highest BCUT2D eigenvalue weighted by Gasteiger charge is 2.26. The standard InChI is InChI=1S/C11H24N2O/c1-3-9(4-2)7-11(13-12)10-5-6-14-8-10/h9-11,13H,3-8,12H2,1-2H3. The minimum absolute atomic E-state index is 0.447. The average molecular weight is 200 g/mol. The average Bonchev–Trinajstić information content (AvgIpc) is 2.73. The third-order valence-electron chi connectivity index (χ3n) is 3.49. The van der Waals surface area contributed by atoms with Crippen LogP contribution in [0.15, 0.2) is 0 Å². The van der Waals surface area contributed by atoms with Crippen LogP contribution in [0.1, 0.15) is 39.5 Å². The van der Waals surface area contributed by atoms with E-state index in [1.54, 1.807) is 0 Å². The number of nitrogens with two attached hydrogens (primary N) is 1. The zero-order chi connectivity index (χ0) is 10.4. The maximum absolute atomic E-state index is 5.60. The van der Waals surface area contributed by atoms with Gasteiger partial charge in [-0.3, -0.25) is 11.3 Å². The number of hydrogen-bond acceptors (Lipinski definition) is 3. The first-order valence-corrected chi connectivity index (χ1v) is 5.85. The van der Waals surface area contributed by atoms with Gasteiger partial charge in [0.25, 0.3) is 0 Å². The molecule has 0 aromatic heterocycles. The molecule has 1 aliphatic heterocycles. The Morgan fingerprint density at radius 1 is 1.43 bits per heavy atom. The highest BCUT2D eigenvalue weighted by Crippen LogP contribution is 2.24. The van der Waals surface area contributed by atoms with Crippen LogP contribution in [-0.4, -0.2) is 19.3 Å². The lowest BCUT2D eigenvalue weighted by Gasteiger charge is -2.25. The molecule has 0 aliphatic carbocycles. The monoisotopic (exact) mass is 200 g/mol. The molecule has 0 radical (unpaired) electrons. The molecule has 0 spiro atoms. The summed E-state index contributed by atoms with van der Waals surface area (Å²) in [5, 5.41) is 0. The Kier molecular flexibility index (Phi) is 5.45. The Bertz CT molecular complexity index is 142. The molecule has 0 aromatic carbocycles. The third-order valence-corrected chi connectivity index (χ3v) is 3.49. The first-order valence-electron chi connectivity index (χ1n) is 5.85. The zero-order valence-electron chi connectivity index (χ0n) is 9.46. The second kappa shape index (κ2) is 6.38. The van der Waals surface area contributed by atoms with E-state index in [0.29, 0.717) is 12.0 Å². The van der Waals surface area contributed by atoms with Crippen LogP contribution in [0, 0.1) is 11.8 Å². The van der Waals surface area contributed by atoms with Gasteiger partial charge in [-0.25, -0.2) is 0 Å². The van der Waals surface area contributed by atoms with Gasteiger partial charge in [-0.1, -0.05) is 26.7 Å². The summed E-state index contributed by atoms with van der Waals surface area (Å²) in [4.78, 5) is 0. The lowest BCUT2D eigenvalue weighted by Crippen LogP contribution is -2.42. The van der Waals surface area contributed by atoms with Gasteiger partial charge in [0.2, 0.25) is 0 Å². The number of ether oxygens (including phenoxy) is 1. The van der Waals surface area contributed by atoms with E-state index >= 15 is 0 Å². The number of nitrogens with one attached hydrogen (secondary N) is 1. The van der Waals surface area contributed by atoms with Crippen LogP contribution in [0.25, 0.3) is 0 Å². The Morgan fingerprint density at radius 3 is 2.57 bits per heavy atom. The Balaban J connectivity index is 2.36.